The third-order valence-electron chi connectivity index (χ3n) is 5.78. The van der Waals surface area contributed by atoms with Crippen LogP contribution >= 0.6 is 24.0 Å². The molecule has 1 heterocycles. The van der Waals surface area contributed by atoms with Gasteiger partial charge in [-0.15, -0.1) is 24.0 Å². The molecule has 166 valence electrons. The van der Waals surface area contributed by atoms with E-state index in [9.17, 15) is 0 Å². The van der Waals surface area contributed by atoms with Crippen molar-refractivity contribution in [2.45, 2.75) is 24.8 Å². The number of halogens is 1. The maximum atomic E-state index is 5.91. The average Bonchev–Trinajstić information content (AvgIpc) is 2.76. The third kappa shape index (κ3) is 6.72. The van der Waals surface area contributed by atoms with E-state index in [2.05, 4.69) is 71.0 Å². The van der Waals surface area contributed by atoms with Gasteiger partial charge in [0.1, 0.15) is 5.75 Å². The minimum absolute atomic E-state index is 0. The van der Waals surface area contributed by atoms with E-state index < -0.39 is 0 Å². The van der Waals surface area contributed by atoms with E-state index in [-0.39, 0.29) is 29.5 Å². The van der Waals surface area contributed by atoms with Gasteiger partial charge in [-0.05, 0) is 56.3 Å². The molecule has 0 aliphatic carbocycles. The monoisotopic (exact) mass is 526 g/mol. The molecule has 0 aromatic heterocycles. The second-order valence-electron chi connectivity index (χ2n) is 7.79. The summed E-state index contributed by atoms with van der Waals surface area (Å²) in [6, 6.07) is 14.6. The van der Waals surface area contributed by atoms with Crippen LogP contribution in [0, 0.1) is 0 Å². The van der Waals surface area contributed by atoms with Gasteiger partial charge in [0.05, 0.1) is 6.61 Å². The van der Waals surface area contributed by atoms with Crippen LogP contribution in [-0.2, 0) is 4.74 Å². The van der Waals surface area contributed by atoms with Crippen molar-refractivity contribution in [3.05, 3.63) is 42.5 Å². The van der Waals surface area contributed by atoms with Crippen molar-refractivity contribution in [2.24, 2.45) is 4.99 Å². The Morgan fingerprint density at radius 2 is 1.83 bits per heavy atom. The molecule has 2 aromatic rings. The minimum Gasteiger partial charge on any atom is -0.494 e. The Bertz CT molecular complexity index is 807. The van der Waals surface area contributed by atoms with Gasteiger partial charge >= 0.3 is 0 Å². The summed E-state index contributed by atoms with van der Waals surface area (Å²) in [6.07, 6.45) is 2.97. The maximum Gasteiger partial charge on any atom is 0.191 e. The number of aliphatic imine (C=N–C) groups is 1. The summed E-state index contributed by atoms with van der Waals surface area (Å²) in [4.78, 5) is 6.67. The molecule has 7 heteroatoms. The molecule has 2 N–H and O–H groups in total. The zero-order valence-electron chi connectivity index (χ0n) is 18.3. The van der Waals surface area contributed by atoms with Gasteiger partial charge in [-0.2, -0.15) is 0 Å². The van der Waals surface area contributed by atoms with E-state index in [0.29, 0.717) is 6.61 Å². The fourth-order valence-electron chi connectivity index (χ4n) is 3.73. The number of guanidine groups is 1. The van der Waals surface area contributed by atoms with Gasteiger partial charge in [0.15, 0.2) is 5.96 Å². The highest BCUT2D eigenvalue weighted by Crippen LogP contribution is 2.25. The highest BCUT2D eigenvalue weighted by atomic mass is 127. The highest BCUT2D eigenvalue weighted by Gasteiger charge is 2.34. The van der Waals surface area contributed by atoms with Crippen LogP contribution in [0.2, 0.25) is 0 Å². The average molecular weight is 526 g/mol. The molecule has 1 fully saturated rings. The van der Waals surface area contributed by atoms with Crippen molar-refractivity contribution in [2.75, 3.05) is 54.1 Å². The van der Waals surface area contributed by atoms with E-state index in [0.717, 1.165) is 57.3 Å². The molecule has 0 spiro atoms. The Morgan fingerprint density at radius 1 is 1.10 bits per heavy atom. The summed E-state index contributed by atoms with van der Waals surface area (Å²) in [5.41, 5.74) is 0.120. The molecule has 0 radical (unpaired) electrons. The van der Waals surface area contributed by atoms with Gasteiger partial charge in [0.25, 0.3) is 0 Å². The lowest BCUT2D eigenvalue weighted by atomic mass is 9.88. The highest BCUT2D eigenvalue weighted by molar-refractivity contribution is 14.0. The van der Waals surface area contributed by atoms with Crippen LogP contribution in [0.4, 0.5) is 0 Å². The Balaban J connectivity index is 0.00000320. The van der Waals surface area contributed by atoms with Gasteiger partial charge in [-0.25, -0.2) is 0 Å². The molecule has 3 rings (SSSR count). The first-order valence-electron chi connectivity index (χ1n) is 10.4. The summed E-state index contributed by atoms with van der Waals surface area (Å²) < 4.78 is 11.5. The smallest absolute Gasteiger partial charge is 0.191 e. The lowest BCUT2D eigenvalue weighted by molar-refractivity contribution is -0.00501. The number of nitrogens with one attached hydrogen (secondary N) is 2. The van der Waals surface area contributed by atoms with Crippen molar-refractivity contribution in [3.63, 3.8) is 0 Å². The first-order valence-corrected chi connectivity index (χ1v) is 10.4. The second kappa shape index (κ2) is 12.3. The zero-order valence-corrected chi connectivity index (χ0v) is 20.6. The molecule has 0 bridgehead atoms. The van der Waals surface area contributed by atoms with Crippen molar-refractivity contribution < 1.29 is 9.47 Å². The van der Waals surface area contributed by atoms with Crippen molar-refractivity contribution in [1.82, 2.24) is 15.5 Å². The van der Waals surface area contributed by atoms with Gasteiger partial charge in [-0.1, -0.05) is 30.3 Å². The van der Waals surface area contributed by atoms with Crippen LogP contribution in [0.15, 0.2) is 47.5 Å². The summed E-state index contributed by atoms with van der Waals surface area (Å²) in [6.45, 7) is 3.97. The predicted molar refractivity (Wildman–Crippen MR) is 135 cm³/mol. The number of benzene rings is 2. The first-order chi connectivity index (χ1) is 14.1. The molecule has 0 unspecified atom stereocenters. The van der Waals surface area contributed by atoms with Gasteiger partial charge in [0, 0.05) is 38.9 Å². The number of rotatable bonds is 8. The standard InChI is InChI=1S/C23H34N4O2.HI/c1-24-22(26-18-23(27(2)3)11-15-28-16-12-23)25-13-6-14-29-21-10-9-19-7-4-5-8-20(19)17-21;/h4-5,7-10,17H,6,11-16,18H2,1-3H3,(H2,24,25,26);1H. The molecule has 0 atom stereocenters. The van der Waals surface area contributed by atoms with Crippen molar-refractivity contribution in [1.29, 1.82) is 0 Å². The van der Waals surface area contributed by atoms with Crippen LogP contribution in [0.1, 0.15) is 19.3 Å². The number of nitrogens with zero attached hydrogens (tertiary/aromatic N) is 2. The van der Waals surface area contributed by atoms with Crippen LogP contribution in [0.3, 0.4) is 0 Å². The van der Waals surface area contributed by atoms with Gasteiger partial charge in [0.2, 0.25) is 0 Å². The molecule has 0 amide bonds. The molecule has 2 aromatic carbocycles. The van der Waals surface area contributed by atoms with Crippen LogP contribution in [0.5, 0.6) is 5.75 Å². The van der Waals surface area contributed by atoms with E-state index in [4.69, 9.17) is 9.47 Å². The summed E-state index contributed by atoms with van der Waals surface area (Å²) in [5, 5.41) is 9.32. The summed E-state index contributed by atoms with van der Waals surface area (Å²) in [5.74, 6) is 1.75. The van der Waals surface area contributed by atoms with E-state index in [1.807, 2.05) is 13.1 Å². The predicted octanol–water partition coefficient (Wildman–Crippen LogP) is 3.50. The summed E-state index contributed by atoms with van der Waals surface area (Å²) >= 11 is 0. The van der Waals surface area contributed by atoms with Gasteiger partial charge < -0.3 is 25.0 Å². The minimum atomic E-state index is 0. The topological polar surface area (TPSA) is 58.1 Å². The maximum absolute atomic E-state index is 5.91. The lowest BCUT2D eigenvalue weighted by Crippen LogP contribution is -2.57. The number of hydrogen-bond acceptors (Lipinski definition) is 4. The quantitative estimate of drug-likeness (QED) is 0.239. The largest absolute Gasteiger partial charge is 0.494 e. The second-order valence-corrected chi connectivity index (χ2v) is 7.79. The Hall–Kier alpha value is -1.58. The fraction of sp³-hybridized carbons (Fsp3) is 0.522. The third-order valence-corrected chi connectivity index (χ3v) is 5.78. The molecule has 0 saturated carbocycles. The Morgan fingerprint density at radius 3 is 2.53 bits per heavy atom. The fourth-order valence-corrected chi connectivity index (χ4v) is 3.73. The van der Waals surface area contributed by atoms with Crippen molar-refractivity contribution in [3.8, 4) is 5.75 Å². The molecular formula is C23H35IN4O2. The van der Waals surface area contributed by atoms with Gasteiger partial charge in [-0.3, -0.25) is 4.99 Å². The van der Waals surface area contributed by atoms with Crippen LogP contribution in [0.25, 0.3) is 10.8 Å². The molecule has 6 nitrogen and oxygen atoms in total. The zero-order chi connectivity index (χ0) is 20.5. The number of hydrogen-bond donors (Lipinski definition) is 2. The SMILES string of the molecule is CN=C(NCCCOc1ccc2ccccc2c1)NCC1(N(C)C)CCOCC1.I. The Kier molecular flexibility index (Phi) is 10.1. The lowest BCUT2D eigenvalue weighted by Gasteiger charge is -2.43. The summed E-state index contributed by atoms with van der Waals surface area (Å²) in [7, 11) is 6.11. The number of likely N-dealkylation sites (N-methyl/N-ethyl adjacent to an activating group) is 1. The van der Waals surface area contributed by atoms with Crippen LogP contribution in [-0.4, -0.2) is 70.5 Å². The van der Waals surface area contributed by atoms with Crippen molar-refractivity contribution >= 4 is 40.7 Å². The van der Waals surface area contributed by atoms with E-state index in [1.54, 1.807) is 0 Å². The molecule has 1 aliphatic rings. The van der Waals surface area contributed by atoms with E-state index >= 15 is 0 Å². The molecule has 30 heavy (non-hydrogen) atoms. The number of ether oxygens (including phenoxy) is 2. The molecular weight excluding hydrogens is 491 g/mol. The molecule has 1 saturated heterocycles. The number of fused-ring (bicyclic) bond motifs is 1. The molecule has 1 aliphatic heterocycles. The first kappa shape index (κ1) is 24.7. The van der Waals surface area contributed by atoms with Crippen LogP contribution < -0.4 is 15.4 Å². The normalized spacial score (nSPS) is 16.2. The van der Waals surface area contributed by atoms with E-state index in [1.165, 1.54) is 10.8 Å². The Labute approximate surface area is 197 Å².